The summed E-state index contributed by atoms with van der Waals surface area (Å²) in [6.45, 7) is 0. The minimum Gasteiger partial charge on any atom is -0.508 e. The molecule has 2 rings (SSSR count). The van der Waals surface area contributed by atoms with E-state index in [2.05, 4.69) is 0 Å². The van der Waals surface area contributed by atoms with Crippen molar-refractivity contribution in [3.8, 4) is 17.2 Å². The number of carboxylic acid groups (broad SMARTS) is 1. The van der Waals surface area contributed by atoms with E-state index in [1.165, 1.54) is 30.3 Å². The number of hydrogen-bond acceptors (Lipinski definition) is 4. The second kappa shape index (κ2) is 6.17. The summed E-state index contributed by atoms with van der Waals surface area (Å²) in [5, 5.41) is 37.7. The highest BCUT2D eigenvalue weighted by Gasteiger charge is 2.17. The van der Waals surface area contributed by atoms with Crippen molar-refractivity contribution < 1.29 is 25.2 Å². The molecule has 4 N–H and O–H groups in total. The van der Waals surface area contributed by atoms with E-state index >= 15 is 0 Å². The van der Waals surface area contributed by atoms with Crippen LogP contribution in [0.4, 0.5) is 0 Å². The number of hydrogen-bond donors (Lipinski definition) is 4. The molecule has 2 aromatic carbocycles. The predicted molar refractivity (Wildman–Crippen MR) is 83.4 cm³/mol. The van der Waals surface area contributed by atoms with Gasteiger partial charge in [0.15, 0.2) is 5.75 Å². The number of carbonyl (C=O) groups is 1. The molecule has 0 heterocycles. The second-order valence-corrected chi connectivity index (χ2v) is 5.16. The highest BCUT2D eigenvalue weighted by molar-refractivity contribution is 6.38. The zero-order chi connectivity index (χ0) is 16.4. The lowest BCUT2D eigenvalue weighted by atomic mass is 10.0. The zero-order valence-electron chi connectivity index (χ0n) is 10.9. The van der Waals surface area contributed by atoms with Crippen molar-refractivity contribution in [1.29, 1.82) is 0 Å². The second-order valence-electron chi connectivity index (χ2n) is 4.37. The fourth-order valence-electron chi connectivity index (χ4n) is 1.82. The van der Waals surface area contributed by atoms with Gasteiger partial charge >= 0.3 is 5.97 Å². The number of phenolic OH excluding ortho intramolecular Hbond substituents is 3. The number of aromatic hydroxyl groups is 3. The van der Waals surface area contributed by atoms with Gasteiger partial charge in [-0.15, -0.1) is 0 Å². The maximum Gasteiger partial charge on any atom is 0.336 e. The Kier molecular flexibility index (Phi) is 4.49. The van der Waals surface area contributed by atoms with Crippen LogP contribution < -0.4 is 0 Å². The molecule has 0 bridgehead atoms. The Morgan fingerprint density at radius 1 is 1.05 bits per heavy atom. The van der Waals surface area contributed by atoms with E-state index in [1.807, 2.05) is 0 Å². The zero-order valence-corrected chi connectivity index (χ0v) is 12.4. The van der Waals surface area contributed by atoms with Gasteiger partial charge in [0.25, 0.3) is 0 Å². The molecule has 0 aromatic heterocycles. The van der Waals surface area contributed by atoms with Gasteiger partial charge in [0.2, 0.25) is 0 Å². The fraction of sp³-hybridized carbons (Fsp3) is 0. The van der Waals surface area contributed by atoms with E-state index in [-0.39, 0.29) is 32.5 Å². The molecule has 0 unspecified atom stereocenters. The third-order valence-electron chi connectivity index (χ3n) is 2.89. The Labute approximate surface area is 135 Å². The molecule has 114 valence electrons. The Balaban J connectivity index is 2.64. The van der Waals surface area contributed by atoms with Crippen LogP contribution in [0.25, 0.3) is 11.6 Å². The summed E-state index contributed by atoms with van der Waals surface area (Å²) in [5.41, 5.74) is 0.0600. The Bertz CT molecular complexity index is 784. The van der Waals surface area contributed by atoms with E-state index in [0.717, 1.165) is 6.08 Å². The Morgan fingerprint density at radius 3 is 2.32 bits per heavy atom. The van der Waals surface area contributed by atoms with Crippen LogP contribution in [0, 0.1) is 0 Å². The molecule has 5 nitrogen and oxygen atoms in total. The number of phenols is 3. The molecule has 0 aliphatic rings. The fourth-order valence-corrected chi connectivity index (χ4v) is 2.30. The van der Waals surface area contributed by atoms with Gasteiger partial charge < -0.3 is 20.4 Å². The van der Waals surface area contributed by atoms with Crippen LogP contribution in [0.3, 0.4) is 0 Å². The summed E-state index contributed by atoms with van der Waals surface area (Å²) in [4.78, 5) is 11.4. The molecular formula is C15H10Cl2O5. The van der Waals surface area contributed by atoms with Crippen molar-refractivity contribution in [3.05, 3.63) is 51.5 Å². The molecule has 2 aromatic rings. The number of halogens is 2. The third kappa shape index (κ3) is 3.10. The first kappa shape index (κ1) is 16.0. The number of aliphatic carboxylic acids is 1. The average molecular weight is 341 g/mol. The van der Waals surface area contributed by atoms with E-state index < -0.39 is 17.5 Å². The van der Waals surface area contributed by atoms with E-state index in [4.69, 9.17) is 23.2 Å². The summed E-state index contributed by atoms with van der Waals surface area (Å²) in [6, 6.07) is 6.82. The van der Waals surface area contributed by atoms with Crippen molar-refractivity contribution in [2.24, 2.45) is 0 Å². The Hall–Kier alpha value is -2.37. The molecule has 0 fully saturated rings. The minimum atomic E-state index is -1.27. The quantitative estimate of drug-likeness (QED) is 0.504. The van der Waals surface area contributed by atoms with Gasteiger partial charge in [-0.1, -0.05) is 35.3 Å². The summed E-state index contributed by atoms with van der Waals surface area (Å²) in [6.07, 6.45) is 1.14. The van der Waals surface area contributed by atoms with Crippen molar-refractivity contribution in [2.75, 3.05) is 0 Å². The summed E-state index contributed by atoms with van der Waals surface area (Å²) in [7, 11) is 0. The Morgan fingerprint density at radius 2 is 1.73 bits per heavy atom. The molecular weight excluding hydrogens is 331 g/mol. The van der Waals surface area contributed by atoms with Crippen LogP contribution in [0.2, 0.25) is 10.0 Å². The first-order valence-corrected chi connectivity index (χ1v) is 6.71. The van der Waals surface area contributed by atoms with Gasteiger partial charge in [0.1, 0.15) is 16.5 Å². The first-order valence-electron chi connectivity index (χ1n) is 5.95. The third-order valence-corrected chi connectivity index (χ3v) is 3.53. The van der Waals surface area contributed by atoms with Crippen LogP contribution in [-0.2, 0) is 4.79 Å². The van der Waals surface area contributed by atoms with Crippen LogP contribution in [0.15, 0.2) is 30.3 Å². The van der Waals surface area contributed by atoms with Gasteiger partial charge in [-0.2, -0.15) is 0 Å². The molecule has 0 saturated carbocycles. The molecule has 0 radical (unpaired) electrons. The summed E-state index contributed by atoms with van der Waals surface area (Å²) >= 11 is 11.5. The highest BCUT2D eigenvalue weighted by atomic mass is 35.5. The molecule has 0 spiro atoms. The summed E-state index contributed by atoms with van der Waals surface area (Å²) in [5.74, 6) is -2.37. The molecule has 0 saturated heterocycles. The topological polar surface area (TPSA) is 98.0 Å². The van der Waals surface area contributed by atoms with Crippen LogP contribution in [-0.4, -0.2) is 26.4 Å². The number of carboxylic acids is 1. The van der Waals surface area contributed by atoms with E-state index in [9.17, 15) is 25.2 Å². The van der Waals surface area contributed by atoms with Crippen molar-refractivity contribution in [2.45, 2.75) is 0 Å². The lowest BCUT2D eigenvalue weighted by molar-refractivity contribution is -0.130. The molecule has 0 aliphatic carbocycles. The largest absolute Gasteiger partial charge is 0.508 e. The summed E-state index contributed by atoms with van der Waals surface area (Å²) < 4.78 is 0. The lowest BCUT2D eigenvalue weighted by Gasteiger charge is -2.08. The average Bonchev–Trinajstić information content (AvgIpc) is 2.47. The maximum absolute atomic E-state index is 11.4. The van der Waals surface area contributed by atoms with Gasteiger partial charge in [-0.3, -0.25) is 0 Å². The normalized spacial score (nSPS) is 11.5. The number of rotatable bonds is 3. The predicted octanol–water partition coefficient (Wildman–Crippen LogP) is 3.74. The standard InChI is InChI=1S/C15H10Cl2O5/c16-11-6-8(13(19)12(17)14(11)20)5-10(15(21)22)7-2-1-3-9(18)4-7/h1-6,18-20H,(H,21,22)/b10-5-. The molecule has 0 atom stereocenters. The lowest BCUT2D eigenvalue weighted by Crippen LogP contribution is -1.99. The van der Waals surface area contributed by atoms with Crippen LogP contribution in [0.1, 0.15) is 11.1 Å². The highest BCUT2D eigenvalue weighted by Crippen LogP contribution is 2.42. The molecule has 0 aliphatic heterocycles. The SMILES string of the molecule is O=C(O)/C(=C\c1cc(Cl)c(O)c(Cl)c1O)c1cccc(O)c1. The minimum absolute atomic E-state index is 0.0218. The maximum atomic E-state index is 11.4. The van der Waals surface area contributed by atoms with Crippen molar-refractivity contribution >= 4 is 40.8 Å². The van der Waals surface area contributed by atoms with Gasteiger partial charge in [0.05, 0.1) is 10.6 Å². The number of benzene rings is 2. The van der Waals surface area contributed by atoms with Crippen LogP contribution in [0.5, 0.6) is 17.2 Å². The van der Waals surface area contributed by atoms with Crippen molar-refractivity contribution in [3.63, 3.8) is 0 Å². The van der Waals surface area contributed by atoms with Gasteiger partial charge in [-0.05, 0) is 29.8 Å². The van der Waals surface area contributed by atoms with Crippen molar-refractivity contribution in [1.82, 2.24) is 0 Å². The van der Waals surface area contributed by atoms with Gasteiger partial charge in [-0.25, -0.2) is 4.79 Å². The van der Waals surface area contributed by atoms with Gasteiger partial charge in [0, 0.05) is 5.56 Å². The molecule has 22 heavy (non-hydrogen) atoms. The monoisotopic (exact) mass is 340 g/mol. The molecule has 0 amide bonds. The molecule has 7 heteroatoms. The van der Waals surface area contributed by atoms with Crippen LogP contribution >= 0.6 is 23.2 Å². The van der Waals surface area contributed by atoms with E-state index in [0.29, 0.717) is 0 Å². The van der Waals surface area contributed by atoms with E-state index in [1.54, 1.807) is 0 Å². The smallest absolute Gasteiger partial charge is 0.336 e. The first-order chi connectivity index (χ1) is 10.3.